The standard InChI is InChI=1S/C6H11NO/c8-4-6-3-5(6)1-2-7-6/h5,7-8H,1-4H2/t5-,6-/m0/s1. The van der Waals surface area contributed by atoms with E-state index in [1.807, 2.05) is 0 Å². The van der Waals surface area contributed by atoms with E-state index in [0.29, 0.717) is 6.61 Å². The zero-order valence-corrected chi connectivity index (χ0v) is 4.85. The summed E-state index contributed by atoms with van der Waals surface area (Å²) in [6, 6.07) is 0. The predicted molar refractivity (Wildman–Crippen MR) is 30.5 cm³/mol. The van der Waals surface area contributed by atoms with Crippen LogP contribution in [0.1, 0.15) is 12.8 Å². The molecule has 0 aromatic heterocycles. The van der Waals surface area contributed by atoms with Crippen LogP contribution in [0.25, 0.3) is 0 Å². The number of fused-ring (bicyclic) bond motifs is 1. The lowest BCUT2D eigenvalue weighted by Crippen LogP contribution is -2.31. The van der Waals surface area contributed by atoms with E-state index in [9.17, 15) is 0 Å². The molecule has 0 radical (unpaired) electrons. The van der Waals surface area contributed by atoms with E-state index in [1.165, 1.54) is 12.8 Å². The van der Waals surface area contributed by atoms with Gasteiger partial charge in [-0.3, -0.25) is 0 Å². The molecule has 0 aromatic rings. The minimum Gasteiger partial charge on any atom is -0.394 e. The first kappa shape index (κ1) is 4.77. The number of hydrogen-bond donors (Lipinski definition) is 2. The van der Waals surface area contributed by atoms with Crippen LogP contribution in [-0.2, 0) is 0 Å². The maximum absolute atomic E-state index is 8.80. The van der Waals surface area contributed by atoms with Crippen molar-refractivity contribution in [1.29, 1.82) is 0 Å². The summed E-state index contributed by atoms with van der Waals surface area (Å²) in [5.74, 6) is 0.812. The van der Waals surface area contributed by atoms with Crippen molar-refractivity contribution in [2.24, 2.45) is 5.92 Å². The summed E-state index contributed by atoms with van der Waals surface area (Å²) in [5.41, 5.74) is 0.208. The van der Waals surface area contributed by atoms with Gasteiger partial charge in [-0.2, -0.15) is 0 Å². The van der Waals surface area contributed by atoms with Gasteiger partial charge in [0.05, 0.1) is 6.61 Å². The van der Waals surface area contributed by atoms with Crippen molar-refractivity contribution in [3.63, 3.8) is 0 Å². The first-order chi connectivity index (χ1) is 3.87. The molecule has 0 unspecified atom stereocenters. The molecule has 0 spiro atoms. The predicted octanol–water partition coefficient (Wildman–Crippen LogP) is -0.269. The van der Waals surface area contributed by atoms with Crippen molar-refractivity contribution >= 4 is 0 Å². The normalized spacial score (nSPS) is 51.4. The highest BCUT2D eigenvalue weighted by Gasteiger charge is 2.56. The minimum absolute atomic E-state index is 0.208. The lowest BCUT2D eigenvalue weighted by molar-refractivity contribution is 0.236. The van der Waals surface area contributed by atoms with E-state index in [-0.39, 0.29) is 5.54 Å². The molecule has 2 aliphatic rings. The summed E-state index contributed by atoms with van der Waals surface area (Å²) in [5, 5.41) is 12.1. The fourth-order valence-corrected chi connectivity index (χ4v) is 1.72. The van der Waals surface area contributed by atoms with E-state index in [4.69, 9.17) is 5.11 Å². The molecular formula is C6H11NO. The molecule has 1 saturated heterocycles. The number of nitrogens with one attached hydrogen (secondary N) is 1. The van der Waals surface area contributed by atoms with Crippen LogP contribution in [0.4, 0.5) is 0 Å². The van der Waals surface area contributed by atoms with Crippen LogP contribution in [0, 0.1) is 5.92 Å². The van der Waals surface area contributed by atoms with Gasteiger partial charge in [0.1, 0.15) is 0 Å². The Bertz CT molecular complexity index is 111. The lowest BCUT2D eigenvalue weighted by atomic mass is 10.2. The summed E-state index contributed by atoms with van der Waals surface area (Å²) < 4.78 is 0. The van der Waals surface area contributed by atoms with Crippen molar-refractivity contribution in [2.75, 3.05) is 13.2 Å². The molecule has 2 rings (SSSR count). The Morgan fingerprint density at radius 3 is 2.88 bits per heavy atom. The van der Waals surface area contributed by atoms with Gasteiger partial charge in [-0.25, -0.2) is 0 Å². The topological polar surface area (TPSA) is 32.3 Å². The summed E-state index contributed by atoms with van der Waals surface area (Å²) >= 11 is 0. The highest BCUT2D eigenvalue weighted by molar-refractivity contribution is 5.13. The third kappa shape index (κ3) is 0.400. The Balaban J connectivity index is 2.08. The molecule has 2 N–H and O–H groups in total. The van der Waals surface area contributed by atoms with Crippen molar-refractivity contribution in [3.8, 4) is 0 Å². The minimum atomic E-state index is 0.208. The molecular weight excluding hydrogens is 102 g/mol. The van der Waals surface area contributed by atoms with E-state index in [0.717, 1.165) is 12.5 Å². The molecule has 0 bridgehead atoms. The summed E-state index contributed by atoms with van der Waals surface area (Å²) in [6.07, 6.45) is 2.49. The summed E-state index contributed by atoms with van der Waals surface area (Å²) in [6.45, 7) is 1.46. The molecule has 1 heterocycles. The van der Waals surface area contributed by atoms with E-state index in [1.54, 1.807) is 0 Å². The van der Waals surface area contributed by atoms with Gasteiger partial charge in [0.15, 0.2) is 0 Å². The van der Waals surface area contributed by atoms with Gasteiger partial charge in [-0.1, -0.05) is 0 Å². The largest absolute Gasteiger partial charge is 0.394 e. The van der Waals surface area contributed by atoms with Crippen molar-refractivity contribution in [3.05, 3.63) is 0 Å². The van der Waals surface area contributed by atoms with Crippen LogP contribution >= 0.6 is 0 Å². The van der Waals surface area contributed by atoms with E-state index in [2.05, 4.69) is 5.32 Å². The fourth-order valence-electron chi connectivity index (χ4n) is 1.72. The zero-order valence-electron chi connectivity index (χ0n) is 4.85. The monoisotopic (exact) mass is 113 g/mol. The molecule has 2 heteroatoms. The molecule has 2 nitrogen and oxygen atoms in total. The summed E-state index contributed by atoms with van der Waals surface area (Å²) in [4.78, 5) is 0. The average molecular weight is 113 g/mol. The maximum Gasteiger partial charge on any atom is 0.0616 e. The van der Waals surface area contributed by atoms with Crippen molar-refractivity contribution in [2.45, 2.75) is 18.4 Å². The van der Waals surface area contributed by atoms with Gasteiger partial charge in [-0.05, 0) is 25.3 Å². The highest BCUT2D eigenvalue weighted by atomic mass is 16.3. The highest BCUT2D eigenvalue weighted by Crippen LogP contribution is 2.48. The van der Waals surface area contributed by atoms with Crippen LogP contribution in [0.5, 0.6) is 0 Å². The lowest BCUT2D eigenvalue weighted by Gasteiger charge is -2.06. The third-order valence-electron chi connectivity index (χ3n) is 2.48. The van der Waals surface area contributed by atoms with Crippen LogP contribution in [0.2, 0.25) is 0 Å². The molecule has 46 valence electrons. The van der Waals surface area contributed by atoms with Crippen molar-refractivity contribution in [1.82, 2.24) is 5.32 Å². The number of aliphatic hydroxyl groups is 1. The zero-order chi connectivity index (χ0) is 5.61. The molecule has 0 aromatic carbocycles. The molecule has 2 fully saturated rings. The SMILES string of the molecule is OC[C@@]12C[C@@H]1CCN2. The van der Waals surface area contributed by atoms with Crippen molar-refractivity contribution < 1.29 is 5.11 Å². The van der Waals surface area contributed by atoms with Crippen LogP contribution < -0.4 is 5.32 Å². The molecule has 1 aliphatic carbocycles. The Morgan fingerprint density at radius 2 is 2.62 bits per heavy atom. The Labute approximate surface area is 48.9 Å². The summed E-state index contributed by atoms with van der Waals surface area (Å²) in [7, 11) is 0. The fraction of sp³-hybridized carbons (Fsp3) is 1.00. The van der Waals surface area contributed by atoms with Gasteiger partial charge in [0.25, 0.3) is 0 Å². The Kier molecular flexibility index (Phi) is 0.746. The van der Waals surface area contributed by atoms with E-state index >= 15 is 0 Å². The number of piperidine rings is 1. The number of hydrogen-bond acceptors (Lipinski definition) is 2. The van der Waals surface area contributed by atoms with Gasteiger partial charge >= 0.3 is 0 Å². The van der Waals surface area contributed by atoms with Crippen LogP contribution in [0.3, 0.4) is 0 Å². The quantitative estimate of drug-likeness (QED) is 0.490. The molecule has 2 atom stereocenters. The van der Waals surface area contributed by atoms with Gasteiger partial charge in [0.2, 0.25) is 0 Å². The Hall–Kier alpha value is -0.0800. The molecule has 1 aliphatic heterocycles. The second-order valence-corrected chi connectivity index (χ2v) is 2.93. The molecule has 1 saturated carbocycles. The average Bonchev–Trinajstić information content (AvgIpc) is 2.38. The molecule has 0 amide bonds. The number of aliphatic hydroxyl groups excluding tert-OH is 1. The van der Waals surface area contributed by atoms with Gasteiger partial charge < -0.3 is 10.4 Å². The van der Waals surface area contributed by atoms with Gasteiger partial charge in [0, 0.05) is 5.54 Å². The number of rotatable bonds is 1. The van der Waals surface area contributed by atoms with Gasteiger partial charge in [-0.15, -0.1) is 0 Å². The Morgan fingerprint density at radius 1 is 1.75 bits per heavy atom. The second-order valence-electron chi connectivity index (χ2n) is 2.93. The van der Waals surface area contributed by atoms with Crippen LogP contribution in [-0.4, -0.2) is 23.8 Å². The smallest absolute Gasteiger partial charge is 0.0616 e. The van der Waals surface area contributed by atoms with E-state index < -0.39 is 0 Å². The molecule has 8 heavy (non-hydrogen) atoms. The van der Waals surface area contributed by atoms with Crippen LogP contribution in [0.15, 0.2) is 0 Å². The first-order valence-corrected chi connectivity index (χ1v) is 3.23. The third-order valence-corrected chi connectivity index (χ3v) is 2.48. The maximum atomic E-state index is 8.80. The first-order valence-electron chi connectivity index (χ1n) is 3.23. The second kappa shape index (κ2) is 1.25.